The number of carbonyl (C=O) groups is 2. The molecule has 1 aliphatic heterocycles. The molecule has 7 nitrogen and oxygen atoms in total. The second-order valence-electron chi connectivity index (χ2n) is 7.29. The fourth-order valence-corrected chi connectivity index (χ4v) is 4.61. The summed E-state index contributed by atoms with van der Waals surface area (Å²) in [4.78, 5) is 27.3. The number of aryl methyl sites for hydroxylation is 1. The Morgan fingerprint density at radius 2 is 1.80 bits per heavy atom. The fraction of sp³-hybridized carbons (Fsp3) is 0.333. The van der Waals surface area contributed by atoms with Crippen LogP contribution in [-0.2, 0) is 14.8 Å². The SMILES string of the molecule is Cc1cc(Cl)ccc1N(CC(=O)Nc1ccccc1C(=O)N1CCCC1)S(C)(=O)=O. The van der Waals surface area contributed by atoms with E-state index in [4.69, 9.17) is 11.6 Å². The van der Waals surface area contributed by atoms with Crippen LogP contribution in [0.25, 0.3) is 0 Å². The van der Waals surface area contributed by atoms with Gasteiger partial charge in [-0.05, 0) is 55.7 Å². The molecule has 30 heavy (non-hydrogen) atoms. The largest absolute Gasteiger partial charge is 0.339 e. The zero-order chi connectivity index (χ0) is 21.9. The van der Waals surface area contributed by atoms with Crippen LogP contribution in [0.1, 0.15) is 28.8 Å². The van der Waals surface area contributed by atoms with Crippen LogP contribution in [0.5, 0.6) is 0 Å². The van der Waals surface area contributed by atoms with Crippen LogP contribution in [0.15, 0.2) is 42.5 Å². The number of para-hydroxylation sites is 1. The van der Waals surface area contributed by atoms with Crippen molar-refractivity contribution >= 4 is 44.8 Å². The van der Waals surface area contributed by atoms with Crippen molar-refractivity contribution < 1.29 is 18.0 Å². The molecule has 0 aliphatic carbocycles. The molecule has 1 fully saturated rings. The number of hydrogen-bond donors (Lipinski definition) is 1. The number of amides is 2. The molecule has 0 atom stereocenters. The zero-order valence-electron chi connectivity index (χ0n) is 16.9. The van der Waals surface area contributed by atoms with Crippen LogP contribution in [0, 0.1) is 6.92 Å². The minimum atomic E-state index is -3.73. The van der Waals surface area contributed by atoms with Crippen LogP contribution in [0.4, 0.5) is 11.4 Å². The maximum absolute atomic E-state index is 12.8. The summed E-state index contributed by atoms with van der Waals surface area (Å²) in [6, 6.07) is 11.5. The number of hydrogen-bond acceptors (Lipinski definition) is 4. The fourth-order valence-electron chi connectivity index (χ4n) is 3.47. The maximum Gasteiger partial charge on any atom is 0.255 e. The average molecular weight is 450 g/mol. The molecule has 2 aromatic carbocycles. The summed E-state index contributed by atoms with van der Waals surface area (Å²) in [5, 5.41) is 3.17. The van der Waals surface area contributed by atoms with Crippen LogP contribution in [0.2, 0.25) is 5.02 Å². The smallest absolute Gasteiger partial charge is 0.255 e. The number of halogens is 1. The van der Waals surface area contributed by atoms with Gasteiger partial charge in [0.25, 0.3) is 5.91 Å². The summed E-state index contributed by atoms with van der Waals surface area (Å²) in [5.41, 5.74) is 1.76. The van der Waals surface area contributed by atoms with Gasteiger partial charge in [-0.2, -0.15) is 0 Å². The highest BCUT2D eigenvalue weighted by atomic mass is 35.5. The summed E-state index contributed by atoms with van der Waals surface area (Å²) in [6.07, 6.45) is 2.97. The number of likely N-dealkylation sites (tertiary alicyclic amines) is 1. The molecule has 0 aromatic heterocycles. The summed E-state index contributed by atoms with van der Waals surface area (Å²) < 4.78 is 25.7. The van der Waals surface area contributed by atoms with Crippen molar-refractivity contribution in [3.63, 3.8) is 0 Å². The first-order valence-electron chi connectivity index (χ1n) is 9.59. The van der Waals surface area contributed by atoms with E-state index in [2.05, 4.69) is 5.32 Å². The van der Waals surface area contributed by atoms with Gasteiger partial charge in [0.15, 0.2) is 0 Å². The molecule has 2 amide bonds. The van der Waals surface area contributed by atoms with Crippen molar-refractivity contribution in [1.82, 2.24) is 4.90 Å². The zero-order valence-corrected chi connectivity index (χ0v) is 18.5. The molecule has 0 bridgehead atoms. The molecule has 1 heterocycles. The Kier molecular flexibility index (Phi) is 6.67. The van der Waals surface area contributed by atoms with Gasteiger partial charge in [0.05, 0.1) is 23.2 Å². The van der Waals surface area contributed by atoms with E-state index in [9.17, 15) is 18.0 Å². The Bertz CT molecular complexity index is 1070. The van der Waals surface area contributed by atoms with Gasteiger partial charge in [0.2, 0.25) is 15.9 Å². The van der Waals surface area contributed by atoms with Gasteiger partial charge < -0.3 is 10.2 Å². The molecule has 3 rings (SSSR count). The molecule has 0 unspecified atom stereocenters. The van der Waals surface area contributed by atoms with Crippen molar-refractivity contribution in [2.24, 2.45) is 0 Å². The van der Waals surface area contributed by atoms with E-state index >= 15 is 0 Å². The van der Waals surface area contributed by atoms with Gasteiger partial charge in [-0.3, -0.25) is 13.9 Å². The quantitative estimate of drug-likeness (QED) is 0.733. The Labute approximate surface area is 181 Å². The maximum atomic E-state index is 12.8. The summed E-state index contributed by atoms with van der Waals surface area (Å²) in [5.74, 6) is -0.687. The lowest BCUT2D eigenvalue weighted by Crippen LogP contribution is -2.38. The average Bonchev–Trinajstić information content (AvgIpc) is 3.20. The van der Waals surface area contributed by atoms with Gasteiger partial charge in [-0.15, -0.1) is 0 Å². The van der Waals surface area contributed by atoms with Crippen LogP contribution in [0.3, 0.4) is 0 Å². The van der Waals surface area contributed by atoms with E-state index in [1.807, 2.05) is 0 Å². The topological polar surface area (TPSA) is 86.8 Å². The third-order valence-corrected chi connectivity index (χ3v) is 6.30. The van der Waals surface area contributed by atoms with E-state index in [0.29, 0.717) is 40.6 Å². The molecule has 1 aliphatic rings. The van der Waals surface area contributed by atoms with Crippen LogP contribution < -0.4 is 9.62 Å². The molecule has 0 spiro atoms. The predicted molar refractivity (Wildman–Crippen MR) is 119 cm³/mol. The standard InChI is InChI=1S/C21H24ClN3O4S/c1-15-13-16(22)9-10-19(15)25(30(2,28)29)14-20(26)23-18-8-4-3-7-17(18)21(27)24-11-5-6-12-24/h3-4,7-10,13H,5-6,11-12,14H2,1-2H3,(H,23,26). The lowest BCUT2D eigenvalue weighted by molar-refractivity contribution is -0.114. The molecular weight excluding hydrogens is 426 g/mol. The first-order valence-corrected chi connectivity index (χ1v) is 11.8. The number of anilines is 2. The molecule has 9 heteroatoms. The Morgan fingerprint density at radius 1 is 1.13 bits per heavy atom. The highest BCUT2D eigenvalue weighted by molar-refractivity contribution is 7.92. The summed E-state index contributed by atoms with van der Waals surface area (Å²) >= 11 is 5.97. The highest BCUT2D eigenvalue weighted by Gasteiger charge is 2.25. The Balaban J connectivity index is 1.82. The third kappa shape index (κ3) is 5.12. The molecule has 2 aromatic rings. The van der Waals surface area contributed by atoms with Crippen LogP contribution >= 0.6 is 11.6 Å². The number of sulfonamides is 1. The number of nitrogens with zero attached hydrogens (tertiary/aromatic N) is 2. The lowest BCUT2D eigenvalue weighted by Gasteiger charge is -2.24. The predicted octanol–water partition coefficient (Wildman–Crippen LogP) is 3.29. The molecular formula is C21H24ClN3O4S. The number of carbonyl (C=O) groups excluding carboxylic acids is 2. The Hall–Kier alpha value is -2.58. The molecule has 1 saturated heterocycles. The van der Waals surface area contributed by atoms with Gasteiger partial charge in [0, 0.05) is 18.1 Å². The molecule has 0 radical (unpaired) electrons. The van der Waals surface area contributed by atoms with Gasteiger partial charge >= 0.3 is 0 Å². The van der Waals surface area contributed by atoms with Crippen molar-refractivity contribution in [1.29, 1.82) is 0 Å². The second-order valence-corrected chi connectivity index (χ2v) is 9.64. The van der Waals surface area contributed by atoms with E-state index < -0.39 is 22.5 Å². The second kappa shape index (κ2) is 9.06. The van der Waals surface area contributed by atoms with Crippen molar-refractivity contribution in [3.8, 4) is 0 Å². The molecule has 1 N–H and O–H groups in total. The third-order valence-electron chi connectivity index (χ3n) is 4.94. The number of rotatable bonds is 6. The summed E-state index contributed by atoms with van der Waals surface area (Å²) in [6.45, 7) is 2.69. The Morgan fingerprint density at radius 3 is 2.43 bits per heavy atom. The van der Waals surface area contributed by atoms with Crippen molar-refractivity contribution in [3.05, 3.63) is 58.6 Å². The highest BCUT2D eigenvalue weighted by Crippen LogP contribution is 2.26. The number of benzene rings is 2. The first-order chi connectivity index (χ1) is 14.2. The van der Waals surface area contributed by atoms with E-state index in [0.717, 1.165) is 23.4 Å². The van der Waals surface area contributed by atoms with Crippen LogP contribution in [-0.4, -0.2) is 51.0 Å². The van der Waals surface area contributed by atoms with E-state index in [1.54, 1.807) is 54.3 Å². The minimum absolute atomic E-state index is 0.142. The molecule has 0 saturated carbocycles. The number of nitrogens with one attached hydrogen (secondary N) is 1. The lowest BCUT2D eigenvalue weighted by atomic mass is 10.1. The van der Waals surface area contributed by atoms with Gasteiger partial charge in [0.1, 0.15) is 6.54 Å². The van der Waals surface area contributed by atoms with Gasteiger partial charge in [-0.25, -0.2) is 8.42 Å². The van der Waals surface area contributed by atoms with Gasteiger partial charge in [-0.1, -0.05) is 23.7 Å². The normalized spacial score (nSPS) is 13.9. The van der Waals surface area contributed by atoms with Crippen molar-refractivity contribution in [2.45, 2.75) is 19.8 Å². The first kappa shape index (κ1) is 22.1. The van der Waals surface area contributed by atoms with E-state index in [1.165, 1.54) is 0 Å². The molecule has 160 valence electrons. The van der Waals surface area contributed by atoms with Crippen molar-refractivity contribution in [2.75, 3.05) is 35.5 Å². The monoisotopic (exact) mass is 449 g/mol. The minimum Gasteiger partial charge on any atom is -0.339 e. The summed E-state index contributed by atoms with van der Waals surface area (Å²) in [7, 11) is -3.73. The van der Waals surface area contributed by atoms with E-state index in [-0.39, 0.29) is 5.91 Å².